The summed E-state index contributed by atoms with van der Waals surface area (Å²) in [6.45, 7) is 3.40. The fraction of sp³-hybridized carbons (Fsp3) is 0.286. The Morgan fingerprint density at radius 2 is 1.65 bits per heavy atom. The average Bonchev–Trinajstić information content (AvgIpc) is 2.65. The highest BCUT2D eigenvalue weighted by Crippen LogP contribution is 2.37. The second-order valence-electron chi connectivity index (χ2n) is 5.73. The topological polar surface area (TPSA) is 54.0 Å². The largest absolute Gasteiger partial charge is 0.493 e. The summed E-state index contributed by atoms with van der Waals surface area (Å²) in [5.74, 6) is 1.96. The highest BCUT2D eigenvalue weighted by molar-refractivity contribution is 5.71. The molecular formula is C21H24O5. The van der Waals surface area contributed by atoms with Gasteiger partial charge in [0.05, 0.1) is 21.3 Å². The number of esters is 1. The molecule has 0 aromatic heterocycles. The van der Waals surface area contributed by atoms with Crippen molar-refractivity contribution in [2.24, 2.45) is 0 Å². The number of hydrogen-bond donors (Lipinski definition) is 0. The van der Waals surface area contributed by atoms with Gasteiger partial charge in [-0.25, -0.2) is 0 Å². The molecule has 0 spiro atoms. The Balaban J connectivity index is 2.31. The lowest BCUT2D eigenvalue weighted by molar-refractivity contribution is -0.132. The van der Waals surface area contributed by atoms with Gasteiger partial charge in [-0.2, -0.15) is 0 Å². The number of allylic oxidation sites excluding steroid dienone is 1. The first kappa shape index (κ1) is 19.4. The van der Waals surface area contributed by atoms with Crippen molar-refractivity contribution in [2.75, 3.05) is 21.3 Å². The minimum absolute atomic E-state index is 0.00699. The lowest BCUT2D eigenvalue weighted by atomic mass is 9.98. The molecule has 0 amide bonds. The van der Waals surface area contributed by atoms with Crippen LogP contribution in [0.4, 0.5) is 0 Å². The molecule has 0 aliphatic carbocycles. The van der Waals surface area contributed by atoms with Crippen LogP contribution >= 0.6 is 0 Å². The summed E-state index contributed by atoms with van der Waals surface area (Å²) in [6.07, 6.45) is 4.02. The van der Waals surface area contributed by atoms with Gasteiger partial charge in [-0.1, -0.05) is 37.3 Å². The van der Waals surface area contributed by atoms with E-state index in [9.17, 15) is 4.79 Å². The molecule has 2 aromatic carbocycles. The van der Waals surface area contributed by atoms with Crippen molar-refractivity contribution in [3.63, 3.8) is 0 Å². The number of hydrogen-bond acceptors (Lipinski definition) is 5. The van der Waals surface area contributed by atoms with Crippen molar-refractivity contribution >= 4 is 12.0 Å². The smallest absolute Gasteiger partial charge is 0.308 e. The fourth-order valence-electron chi connectivity index (χ4n) is 2.62. The van der Waals surface area contributed by atoms with Gasteiger partial charge in [-0.3, -0.25) is 4.79 Å². The predicted octanol–water partition coefficient (Wildman–Crippen LogP) is 4.45. The average molecular weight is 356 g/mol. The molecule has 0 bridgehead atoms. The number of carbonyl (C=O) groups excluding carboxylic acids is 1. The highest BCUT2D eigenvalue weighted by Gasteiger charge is 2.16. The molecule has 138 valence electrons. The summed E-state index contributed by atoms with van der Waals surface area (Å²) in [6, 6.07) is 11.3. The first-order chi connectivity index (χ1) is 12.5. The van der Waals surface area contributed by atoms with E-state index in [2.05, 4.69) is 0 Å². The molecule has 0 aliphatic rings. The van der Waals surface area contributed by atoms with Crippen LogP contribution in [-0.2, 0) is 4.79 Å². The van der Waals surface area contributed by atoms with E-state index in [0.29, 0.717) is 23.0 Å². The monoisotopic (exact) mass is 356 g/mol. The minimum Gasteiger partial charge on any atom is -0.493 e. The van der Waals surface area contributed by atoms with Crippen molar-refractivity contribution < 1.29 is 23.7 Å². The molecule has 2 rings (SSSR count). The molecule has 1 unspecified atom stereocenters. The van der Waals surface area contributed by atoms with E-state index in [-0.39, 0.29) is 11.9 Å². The van der Waals surface area contributed by atoms with Crippen molar-refractivity contribution in [1.82, 2.24) is 0 Å². The van der Waals surface area contributed by atoms with Crippen LogP contribution in [0.1, 0.15) is 30.9 Å². The number of ether oxygens (including phenoxy) is 4. The number of carbonyl (C=O) groups is 1. The van der Waals surface area contributed by atoms with Crippen molar-refractivity contribution in [3.05, 3.63) is 53.6 Å². The first-order valence-electron chi connectivity index (χ1n) is 8.25. The van der Waals surface area contributed by atoms with Crippen LogP contribution in [0.15, 0.2) is 42.5 Å². The van der Waals surface area contributed by atoms with Crippen LogP contribution in [-0.4, -0.2) is 27.3 Å². The van der Waals surface area contributed by atoms with E-state index in [1.165, 1.54) is 6.92 Å². The van der Waals surface area contributed by atoms with Gasteiger partial charge >= 0.3 is 5.97 Å². The number of para-hydroxylation sites is 1. The minimum atomic E-state index is -0.383. The third-order valence-corrected chi connectivity index (χ3v) is 3.95. The SMILES string of the molecule is COc1ccc(/C=C/C(C)c2cccc(OC)c2OC(C)=O)cc1OC. The lowest BCUT2D eigenvalue weighted by Gasteiger charge is -2.16. The van der Waals surface area contributed by atoms with Gasteiger partial charge in [0.25, 0.3) is 0 Å². The highest BCUT2D eigenvalue weighted by atomic mass is 16.6. The number of rotatable bonds is 7. The Hall–Kier alpha value is -2.95. The normalized spacial score (nSPS) is 11.9. The fourth-order valence-corrected chi connectivity index (χ4v) is 2.62. The molecule has 0 saturated heterocycles. The van der Waals surface area contributed by atoms with Gasteiger partial charge in [0.2, 0.25) is 0 Å². The summed E-state index contributed by atoms with van der Waals surface area (Å²) in [5.41, 5.74) is 1.85. The van der Waals surface area contributed by atoms with E-state index < -0.39 is 0 Å². The van der Waals surface area contributed by atoms with Crippen LogP contribution in [0.3, 0.4) is 0 Å². The maximum absolute atomic E-state index is 11.4. The summed E-state index contributed by atoms with van der Waals surface area (Å²) >= 11 is 0. The van der Waals surface area contributed by atoms with Crippen LogP contribution in [0, 0.1) is 0 Å². The van der Waals surface area contributed by atoms with Gasteiger partial charge < -0.3 is 18.9 Å². The van der Waals surface area contributed by atoms with E-state index in [1.807, 2.05) is 49.4 Å². The molecule has 0 radical (unpaired) electrons. The molecule has 26 heavy (non-hydrogen) atoms. The Bertz CT molecular complexity index is 795. The van der Waals surface area contributed by atoms with Gasteiger partial charge in [0.1, 0.15) is 0 Å². The summed E-state index contributed by atoms with van der Waals surface area (Å²) < 4.78 is 21.3. The quantitative estimate of drug-likeness (QED) is 0.542. The predicted molar refractivity (Wildman–Crippen MR) is 101 cm³/mol. The third-order valence-electron chi connectivity index (χ3n) is 3.95. The summed E-state index contributed by atoms with van der Waals surface area (Å²) in [5, 5.41) is 0. The molecule has 5 nitrogen and oxygen atoms in total. The molecule has 1 atom stereocenters. The lowest BCUT2D eigenvalue weighted by Crippen LogP contribution is -2.06. The van der Waals surface area contributed by atoms with Gasteiger partial charge in [-0.15, -0.1) is 0 Å². The Morgan fingerprint density at radius 1 is 0.962 bits per heavy atom. The maximum Gasteiger partial charge on any atom is 0.308 e. The van der Waals surface area contributed by atoms with Crippen molar-refractivity contribution in [1.29, 1.82) is 0 Å². The van der Waals surface area contributed by atoms with E-state index >= 15 is 0 Å². The van der Waals surface area contributed by atoms with Crippen molar-refractivity contribution in [2.45, 2.75) is 19.8 Å². The summed E-state index contributed by atoms with van der Waals surface area (Å²) in [7, 11) is 4.76. The van der Waals surface area contributed by atoms with Gasteiger partial charge in [-0.05, 0) is 23.8 Å². The molecule has 0 saturated carbocycles. The van der Waals surface area contributed by atoms with E-state index in [4.69, 9.17) is 18.9 Å². The number of methoxy groups -OCH3 is 3. The Morgan fingerprint density at radius 3 is 2.27 bits per heavy atom. The first-order valence-corrected chi connectivity index (χ1v) is 8.25. The third kappa shape index (κ3) is 4.57. The Labute approximate surface area is 154 Å². The zero-order valence-corrected chi connectivity index (χ0v) is 15.7. The molecule has 0 aliphatic heterocycles. The molecule has 0 fully saturated rings. The van der Waals surface area contributed by atoms with Crippen LogP contribution < -0.4 is 18.9 Å². The molecule has 0 N–H and O–H groups in total. The molecular weight excluding hydrogens is 332 g/mol. The summed E-state index contributed by atoms with van der Waals surface area (Å²) in [4.78, 5) is 11.4. The van der Waals surface area contributed by atoms with Crippen molar-refractivity contribution in [3.8, 4) is 23.0 Å². The second kappa shape index (κ2) is 8.94. The van der Waals surface area contributed by atoms with Crippen LogP contribution in [0.2, 0.25) is 0 Å². The zero-order chi connectivity index (χ0) is 19.1. The van der Waals surface area contributed by atoms with Gasteiger partial charge in [0.15, 0.2) is 23.0 Å². The zero-order valence-electron chi connectivity index (χ0n) is 15.7. The van der Waals surface area contributed by atoms with Crippen LogP contribution in [0.25, 0.3) is 6.08 Å². The molecule has 0 heterocycles. The maximum atomic E-state index is 11.4. The second-order valence-corrected chi connectivity index (χ2v) is 5.73. The number of benzene rings is 2. The van der Waals surface area contributed by atoms with Gasteiger partial charge in [0, 0.05) is 18.4 Å². The molecule has 5 heteroatoms. The van der Waals surface area contributed by atoms with E-state index in [1.54, 1.807) is 27.4 Å². The molecule has 2 aromatic rings. The van der Waals surface area contributed by atoms with Crippen LogP contribution in [0.5, 0.6) is 23.0 Å². The standard InChI is InChI=1S/C21H24O5/c1-14(9-10-16-11-12-18(23-3)20(13-16)25-5)17-7-6-8-19(24-4)21(17)26-15(2)22/h6-14H,1-5H3/b10-9+. The van der Waals surface area contributed by atoms with E-state index in [0.717, 1.165) is 11.1 Å². The Kier molecular flexibility index (Phi) is 6.67.